The standard InChI is InChI=1S/C10H14N2O2/c1-7-11-5-8(6-12-7)14-10-4-2-3-9(10)13/h5-6,9-10,13H,2-4H2,1H3. The molecule has 2 unspecified atom stereocenters. The fourth-order valence-electron chi connectivity index (χ4n) is 1.66. The zero-order valence-electron chi connectivity index (χ0n) is 8.18. The second kappa shape index (κ2) is 3.92. The minimum atomic E-state index is -0.337. The molecule has 1 aromatic rings. The van der Waals surface area contributed by atoms with Gasteiger partial charge in [0.1, 0.15) is 11.9 Å². The number of aromatic nitrogens is 2. The van der Waals surface area contributed by atoms with Gasteiger partial charge in [-0.3, -0.25) is 0 Å². The molecule has 1 aromatic heterocycles. The van der Waals surface area contributed by atoms with E-state index in [1.54, 1.807) is 12.4 Å². The van der Waals surface area contributed by atoms with E-state index in [9.17, 15) is 5.11 Å². The van der Waals surface area contributed by atoms with E-state index in [-0.39, 0.29) is 12.2 Å². The molecule has 0 radical (unpaired) electrons. The van der Waals surface area contributed by atoms with Gasteiger partial charge in [0, 0.05) is 0 Å². The van der Waals surface area contributed by atoms with Crippen molar-refractivity contribution in [3.05, 3.63) is 18.2 Å². The molecule has 1 N–H and O–H groups in total. The molecule has 0 saturated heterocycles. The van der Waals surface area contributed by atoms with E-state index in [1.165, 1.54) is 0 Å². The van der Waals surface area contributed by atoms with Crippen molar-refractivity contribution < 1.29 is 9.84 Å². The highest BCUT2D eigenvalue weighted by Crippen LogP contribution is 2.23. The van der Waals surface area contributed by atoms with Crippen molar-refractivity contribution in [3.8, 4) is 5.75 Å². The second-order valence-electron chi connectivity index (χ2n) is 3.62. The molecule has 1 aliphatic carbocycles. The fourth-order valence-corrected chi connectivity index (χ4v) is 1.66. The third kappa shape index (κ3) is 2.01. The summed E-state index contributed by atoms with van der Waals surface area (Å²) in [4.78, 5) is 8.06. The summed E-state index contributed by atoms with van der Waals surface area (Å²) in [7, 11) is 0. The van der Waals surface area contributed by atoms with Crippen LogP contribution in [0.15, 0.2) is 12.4 Å². The maximum Gasteiger partial charge on any atom is 0.156 e. The summed E-state index contributed by atoms with van der Waals surface area (Å²) in [5.41, 5.74) is 0. The van der Waals surface area contributed by atoms with E-state index in [0.717, 1.165) is 25.1 Å². The summed E-state index contributed by atoms with van der Waals surface area (Å²) in [5, 5.41) is 9.54. The molecule has 76 valence electrons. The van der Waals surface area contributed by atoms with Gasteiger partial charge in [-0.2, -0.15) is 0 Å². The number of aliphatic hydroxyl groups excluding tert-OH is 1. The molecule has 1 saturated carbocycles. The zero-order chi connectivity index (χ0) is 9.97. The Morgan fingerprint density at radius 1 is 1.36 bits per heavy atom. The number of aliphatic hydroxyl groups is 1. The summed E-state index contributed by atoms with van der Waals surface area (Å²) >= 11 is 0. The van der Waals surface area contributed by atoms with E-state index >= 15 is 0 Å². The molecule has 0 aromatic carbocycles. The largest absolute Gasteiger partial charge is 0.484 e. The maximum absolute atomic E-state index is 9.54. The van der Waals surface area contributed by atoms with Crippen molar-refractivity contribution in [2.45, 2.75) is 38.4 Å². The Balaban J connectivity index is 2.00. The number of ether oxygens (including phenoxy) is 1. The zero-order valence-corrected chi connectivity index (χ0v) is 8.18. The molecule has 2 atom stereocenters. The predicted octanol–water partition coefficient (Wildman–Crippen LogP) is 1.08. The Hall–Kier alpha value is -1.16. The van der Waals surface area contributed by atoms with Crippen LogP contribution in [-0.2, 0) is 0 Å². The van der Waals surface area contributed by atoms with Crippen molar-refractivity contribution in [2.75, 3.05) is 0 Å². The van der Waals surface area contributed by atoms with Gasteiger partial charge in [-0.25, -0.2) is 9.97 Å². The van der Waals surface area contributed by atoms with Crippen molar-refractivity contribution in [1.29, 1.82) is 0 Å². The van der Waals surface area contributed by atoms with E-state index in [0.29, 0.717) is 5.75 Å². The number of hydrogen-bond acceptors (Lipinski definition) is 4. The molecule has 0 bridgehead atoms. The van der Waals surface area contributed by atoms with Crippen LogP contribution in [0.5, 0.6) is 5.75 Å². The summed E-state index contributed by atoms with van der Waals surface area (Å²) in [6, 6.07) is 0. The normalized spacial score (nSPS) is 26.4. The Morgan fingerprint density at radius 2 is 2.07 bits per heavy atom. The van der Waals surface area contributed by atoms with Crippen LogP contribution in [0, 0.1) is 6.92 Å². The predicted molar refractivity (Wildman–Crippen MR) is 51.0 cm³/mol. The van der Waals surface area contributed by atoms with Crippen molar-refractivity contribution in [2.24, 2.45) is 0 Å². The third-order valence-electron chi connectivity index (χ3n) is 2.46. The lowest BCUT2D eigenvalue weighted by atomic mass is 10.2. The quantitative estimate of drug-likeness (QED) is 0.765. The molecule has 0 amide bonds. The lowest BCUT2D eigenvalue weighted by Gasteiger charge is -2.16. The molecule has 4 nitrogen and oxygen atoms in total. The molecule has 1 fully saturated rings. The highest BCUT2D eigenvalue weighted by atomic mass is 16.5. The average molecular weight is 194 g/mol. The first kappa shape index (κ1) is 9.40. The molecule has 0 spiro atoms. The smallest absolute Gasteiger partial charge is 0.156 e. The Labute approximate surface area is 83.0 Å². The molecular weight excluding hydrogens is 180 g/mol. The van der Waals surface area contributed by atoms with Gasteiger partial charge in [0.15, 0.2) is 5.75 Å². The minimum absolute atomic E-state index is 0.0821. The molecule has 1 heterocycles. The van der Waals surface area contributed by atoms with Gasteiger partial charge in [0.2, 0.25) is 0 Å². The topological polar surface area (TPSA) is 55.2 Å². The van der Waals surface area contributed by atoms with Crippen LogP contribution in [0.3, 0.4) is 0 Å². The number of nitrogens with zero attached hydrogens (tertiary/aromatic N) is 2. The van der Waals surface area contributed by atoms with E-state index < -0.39 is 0 Å². The van der Waals surface area contributed by atoms with Gasteiger partial charge < -0.3 is 9.84 Å². The monoisotopic (exact) mass is 194 g/mol. The highest BCUT2D eigenvalue weighted by Gasteiger charge is 2.26. The molecular formula is C10H14N2O2. The first-order valence-electron chi connectivity index (χ1n) is 4.89. The second-order valence-corrected chi connectivity index (χ2v) is 3.62. The first-order valence-corrected chi connectivity index (χ1v) is 4.89. The van der Waals surface area contributed by atoms with Crippen LogP contribution < -0.4 is 4.74 Å². The van der Waals surface area contributed by atoms with Crippen LogP contribution in [0.25, 0.3) is 0 Å². The van der Waals surface area contributed by atoms with Crippen molar-refractivity contribution >= 4 is 0 Å². The SMILES string of the molecule is Cc1ncc(OC2CCCC2O)cn1. The molecule has 4 heteroatoms. The minimum Gasteiger partial charge on any atom is -0.484 e. The maximum atomic E-state index is 9.54. The van der Waals surface area contributed by atoms with Gasteiger partial charge in [0.25, 0.3) is 0 Å². The molecule has 0 aliphatic heterocycles. The fraction of sp³-hybridized carbons (Fsp3) is 0.600. The van der Waals surface area contributed by atoms with Gasteiger partial charge in [0.05, 0.1) is 18.5 Å². The van der Waals surface area contributed by atoms with Gasteiger partial charge in [-0.1, -0.05) is 0 Å². The van der Waals surface area contributed by atoms with Gasteiger partial charge in [-0.15, -0.1) is 0 Å². The number of aryl methyl sites for hydroxylation is 1. The molecule has 2 rings (SSSR count). The van der Waals surface area contributed by atoms with E-state index in [2.05, 4.69) is 9.97 Å². The highest BCUT2D eigenvalue weighted by molar-refractivity contribution is 5.13. The average Bonchev–Trinajstić information content (AvgIpc) is 2.56. The van der Waals surface area contributed by atoms with Crippen LogP contribution in [-0.4, -0.2) is 27.3 Å². The van der Waals surface area contributed by atoms with E-state index in [1.807, 2.05) is 6.92 Å². The van der Waals surface area contributed by atoms with E-state index in [4.69, 9.17) is 4.74 Å². The molecule has 14 heavy (non-hydrogen) atoms. The van der Waals surface area contributed by atoms with Crippen LogP contribution in [0.1, 0.15) is 25.1 Å². The number of hydrogen-bond donors (Lipinski definition) is 1. The van der Waals surface area contributed by atoms with Crippen molar-refractivity contribution in [1.82, 2.24) is 9.97 Å². The van der Waals surface area contributed by atoms with Crippen LogP contribution in [0.2, 0.25) is 0 Å². The molecule has 1 aliphatic rings. The summed E-state index contributed by atoms with van der Waals surface area (Å²) in [6.07, 6.45) is 5.64. The summed E-state index contributed by atoms with van der Waals surface area (Å²) in [6.45, 7) is 1.83. The Kier molecular flexibility index (Phi) is 2.63. The summed E-state index contributed by atoms with van der Waals surface area (Å²) in [5.74, 6) is 1.37. The third-order valence-corrected chi connectivity index (χ3v) is 2.46. The van der Waals surface area contributed by atoms with Crippen molar-refractivity contribution in [3.63, 3.8) is 0 Å². The Bertz CT molecular complexity index is 299. The van der Waals surface area contributed by atoms with Gasteiger partial charge in [-0.05, 0) is 26.2 Å². The number of rotatable bonds is 2. The Morgan fingerprint density at radius 3 is 2.64 bits per heavy atom. The summed E-state index contributed by atoms with van der Waals surface area (Å²) < 4.78 is 5.57. The van der Waals surface area contributed by atoms with Gasteiger partial charge >= 0.3 is 0 Å². The lowest BCUT2D eigenvalue weighted by molar-refractivity contribution is 0.0599. The van der Waals surface area contributed by atoms with Crippen LogP contribution in [0.4, 0.5) is 0 Å². The lowest BCUT2D eigenvalue weighted by Crippen LogP contribution is -2.25. The first-order chi connectivity index (χ1) is 6.75. The van der Waals surface area contributed by atoms with Crippen LogP contribution >= 0.6 is 0 Å².